The van der Waals surface area contributed by atoms with Crippen LogP contribution in [0.2, 0.25) is 0 Å². The van der Waals surface area contributed by atoms with Gasteiger partial charge in [0.25, 0.3) is 0 Å². The number of rotatable bonds is 6. The van der Waals surface area contributed by atoms with Gasteiger partial charge in [-0.1, -0.05) is 12.1 Å². The largest absolute Gasteiger partial charge is 0.493 e. The lowest BCUT2D eigenvalue weighted by molar-refractivity contribution is -0.105. The summed E-state index contributed by atoms with van der Waals surface area (Å²) >= 11 is 0.763. The molecule has 0 bridgehead atoms. The Morgan fingerprint density at radius 3 is 2.69 bits per heavy atom. The molecule has 0 aromatic heterocycles. The third kappa shape index (κ3) is 4.69. The lowest BCUT2D eigenvalue weighted by Gasteiger charge is -2.21. The van der Waals surface area contributed by atoms with Crippen molar-refractivity contribution in [2.24, 2.45) is 0 Å². The van der Waals surface area contributed by atoms with Crippen molar-refractivity contribution in [2.75, 3.05) is 31.4 Å². The molecule has 0 amide bonds. The summed E-state index contributed by atoms with van der Waals surface area (Å²) in [7, 11) is 1.55. The van der Waals surface area contributed by atoms with Gasteiger partial charge in [0.05, 0.1) is 12.9 Å². The highest BCUT2D eigenvalue weighted by atomic mass is 32.2. The molecular formula is C18H18F3NO3S. The van der Waals surface area contributed by atoms with Gasteiger partial charge in [-0.15, -0.1) is 11.8 Å². The van der Waals surface area contributed by atoms with Crippen LogP contribution in [0.15, 0.2) is 41.3 Å². The number of alkyl halides is 3. The average Bonchev–Trinajstić information content (AvgIpc) is 2.64. The highest BCUT2D eigenvalue weighted by Gasteiger charge is 2.27. The first-order chi connectivity index (χ1) is 12.5. The predicted molar refractivity (Wildman–Crippen MR) is 94.5 cm³/mol. The van der Waals surface area contributed by atoms with Crippen molar-refractivity contribution in [3.05, 3.63) is 42.0 Å². The summed E-state index contributed by atoms with van der Waals surface area (Å²) in [6, 6.07) is 10.6. The van der Waals surface area contributed by atoms with Gasteiger partial charge in [-0.2, -0.15) is 13.2 Å². The molecule has 0 fully saturated rings. The van der Waals surface area contributed by atoms with E-state index < -0.39 is 11.9 Å². The molecule has 0 atom stereocenters. The molecule has 8 heteroatoms. The molecule has 2 aromatic rings. The Morgan fingerprint density at radius 2 is 1.92 bits per heavy atom. The zero-order valence-corrected chi connectivity index (χ0v) is 14.9. The van der Waals surface area contributed by atoms with Crippen LogP contribution in [0, 0.1) is 0 Å². The maximum Gasteiger partial charge on any atom is 0.398 e. The molecule has 1 aliphatic rings. The van der Waals surface area contributed by atoms with Crippen molar-refractivity contribution >= 4 is 17.4 Å². The van der Waals surface area contributed by atoms with E-state index in [9.17, 15) is 13.2 Å². The molecule has 1 aliphatic heterocycles. The van der Waals surface area contributed by atoms with E-state index in [0.29, 0.717) is 47.6 Å². The Bertz CT molecular complexity index is 751. The maximum atomic E-state index is 12.5. The van der Waals surface area contributed by atoms with Crippen molar-refractivity contribution in [2.45, 2.75) is 17.6 Å². The molecule has 0 radical (unpaired) electrons. The van der Waals surface area contributed by atoms with Crippen LogP contribution < -0.4 is 19.5 Å². The van der Waals surface area contributed by atoms with Gasteiger partial charge in [0.1, 0.15) is 13.2 Å². The number of para-hydroxylation sites is 1. The highest BCUT2D eigenvalue weighted by Crippen LogP contribution is 2.40. The standard InChI is InChI=1S/C18H18F3NO3S/c1-23-14-8-12(9-15-17(14)25-7-6-24-15)10-22-13-4-2-3-5-16(13)26-11-18(19,20)21/h2-5,8-9,22H,6-7,10-11H2,1H3. The number of methoxy groups -OCH3 is 1. The van der Waals surface area contributed by atoms with Crippen molar-refractivity contribution in [1.29, 1.82) is 0 Å². The molecule has 0 unspecified atom stereocenters. The number of benzene rings is 2. The molecule has 4 nitrogen and oxygen atoms in total. The van der Waals surface area contributed by atoms with Gasteiger partial charge in [-0.25, -0.2) is 0 Å². The van der Waals surface area contributed by atoms with Crippen molar-refractivity contribution in [3.8, 4) is 17.2 Å². The van der Waals surface area contributed by atoms with E-state index in [1.807, 2.05) is 12.1 Å². The maximum absolute atomic E-state index is 12.5. The predicted octanol–water partition coefficient (Wildman–Crippen LogP) is 4.73. The number of hydrogen-bond acceptors (Lipinski definition) is 5. The van der Waals surface area contributed by atoms with E-state index in [1.54, 1.807) is 31.4 Å². The molecular weight excluding hydrogens is 367 g/mol. The summed E-state index contributed by atoms with van der Waals surface area (Å²) in [5, 5.41) is 3.18. The second-order valence-corrected chi connectivity index (χ2v) is 6.59. The van der Waals surface area contributed by atoms with Crippen LogP contribution in [-0.4, -0.2) is 32.3 Å². The van der Waals surface area contributed by atoms with Crippen LogP contribution in [-0.2, 0) is 6.54 Å². The number of anilines is 1. The van der Waals surface area contributed by atoms with Crippen LogP contribution in [0.5, 0.6) is 17.2 Å². The fourth-order valence-electron chi connectivity index (χ4n) is 2.52. The van der Waals surface area contributed by atoms with Crippen LogP contribution in [0.3, 0.4) is 0 Å². The Balaban J connectivity index is 1.73. The third-order valence-electron chi connectivity index (χ3n) is 3.65. The Morgan fingerprint density at radius 1 is 1.15 bits per heavy atom. The fraction of sp³-hybridized carbons (Fsp3) is 0.333. The van der Waals surface area contributed by atoms with Crippen LogP contribution >= 0.6 is 11.8 Å². The smallest absolute Gasteiger partial charge is 0.398 e. The summed E-state index contributed by atoms with van der Waals surface area (Å²) in [6.45, 7) is 1.34. The van der Waals surface area contributed by atoms with E-state index >= 15 is 0 Å². The summed E-state index contributed by atoms with van der Waals surface area (Å²) < 4.78 is 54.0. The van der Waals surface area contributed by atoms with E-state index in [2.05, 4.69) is 5.32 Å². The lowest BCUT2D eigenvalue weighted by atomic mass is 10.1. The summed E-state index contributed by atoms with van der Waals surface area (Å²) in [4.78, 5) is 0.550. The molecule has 26 heavy (non-hydrogen) atoms. The van der Waals surface area contributed by atoms with E-state index in [-0.39, 0.29) is 0 Å². The van der Waals surface area contributed by atoms with Crippen molar-refractivity contribution in [3.63, 3.8) is 0 Å². The fourth-order valence-corrected chi connectivity index (χ4v) is 3.31. The molecule has 1 N–H and O–H groups in total. The number of nitrogens with one attached hydrogen (secondary N) is 1. The summed E-state index contributed by atoms with van der Waals surface area (Å²) in [5.41, 5.74) is 1.53. The monoisotopic (exact) mass is 385 g/mol. The quantitative estimate of drug-likeness (QED) is 0.728. The summed E-state index contributed by atoms with van der Waals surface area (Å²) in [5.74, 6) is 0.818. The highest BCUT2D eigenvalue weighted by molar-refractivity contribution is 7.99. The second kappa shape index (κ2) is 7.99. The van der Waals surface area contributed by atoms with E-state index in [4.69, 9.17) is 14.2 Å². The Labute approximate surface area is 153 Å². The normalized spacial score (nSPS) is 13.4. The van der Waals surface area contributed by atoms with Gasteiger partial charge in [0.15, 0.2) is 11.5 Å². The Hall–Kier alpha value is -2.22. The number of ether oxygens (including phenoxy) is 3. The first-order valence-corrected chi connectivity index (χ1v) is 8.94. The van der Waals surface area contributed by atoms with Gasteiger partial charge >= 0.3 is 6.18 Å². The Kier molecular flexibility index (Phi) is 5.70. The zero-order valence-electron chi connectivity index (χ0n) is 14.1. The van der Waals surface area contributed by atoms with Gasteiger partial charge in [-0.05, 0) is 29.8 Å². The molecule has 0 saturated heterocycles. The number of fused-ring (bicyclic) bond motifs is 1. The number of hydrogen-bond donors (Lipinski definition) is 1. The SMILES string of the molecule is COc1cc(CNc2ccccc2SCC(F)(F)F)cc2c1OCCO2. The first kappa shape index (κ1) is 18.6. The van der Waals surface area contributed by atoms with Crippen LogP contribution in [0.25, 0.3) is 0 Å². The second-order valence-electron chi connectivity index (χ2n) is 5.58. The zero-order chi connectivity index (χ0) is 18.6. The van der Waals surface area contributed by atoms with Gasteiger partial charge in [0, 0.05) is 17.1 Å². The molecule has 140 valence electrons. The average molecular weight is 385 g/mol. The lowest BCUT2D eigenvalue weighted by Crippen LogP contribution is -2.16. The minimum Gasteiger partial charge on any atom is -0.493 e. The van der Waals surface area contributed by atoms with Crippen molar-refractivity contribution in [1.82, 2.24) is 0 Å². The minimum absolute atomic E-state index is 0.413. The molecule has 0 spiro atoms. The van der Waals surface area contributed by atoms with Crippen LogP contribution in [0.4, 0.5) is 18.9 Å². The molecule has 3 rings (SSSR count). The van der Waals surface area contributed by atoms with Crippen LogP contribution in [0.1, 0.15) is 5.56 Å². The molecule has 0 saturated carbocycles. The van der Waals surface area contributed by atoms with Gasteiger partial charge < -0.3 is 19.5 Å². The molecule has 1 heterocycles. The van der Waals surface area contributed by atoms with E-state index in [1.165, 1.54) is 0 Å². The minimum atomic E-state index is -4.21. The summed E-state index contributed by atoms with van der Waals surface area (Å²) in [6.07, 6.45) is -4.21. The van der Waals surface area contributed by atoms with Gasteiger partial charge in [-0.3, -0.25) is 0 Å². The third-order valence-corrected chi connectivity index (χ3v) is 4.79. The topological polar surface area (TPSA) is 39.7 Å². The van der Waals surface area contributed by atoms with Gasteiger partial charge in [0.2, 0.25) is 5.75 Å². The number of thioether (sulfide) groups is 1. The van der Waals surface area contributed by atoms with E-state index in [0.717, 1.165) is 17.3 Å². The number of halogens is 3. The van der Waals surface area contributed by atoms with Crippen molar-refractivity contribution < 1.29 is 27.4 Å². The first-order valence-electron chi connectivity index (χ1n) is 7.95. The molecule has 2 aromatic carbocycles. The molecule has 0 aliphatic carbocycles.